The summed E-state index contributed by atoms with van der Waals surface area (Å²) in [7, 11) is 0. The largest absolute Gasteiger partial charge is 0.372 e. The van der Waals surface area contributed by atoms with Crippen LogP contribution in [0.3, 0.4) is 0 Å². The van der Waals surface area contributed by atoms with Gasteiger partial charge in [-0.05, 0) is 31.5 Å². The molecule has 22 heavy (non-hydrogen) atoms. The number of rotatable bonds is 5. The van der Waals surface area contributed by atoms with Crippen molar-refractivity contribution in [2.75, 3.05) is 18.5 Å². The molecular weight excluding hydrogens is 278 g/mol. The molecule has 6 nitrogen and oxygen atoms in total. The Hall–Kier alpha value is -2.39. The molecule has 1 N–H and O–H groups in total. The van der Waals surface area contributed by atoms with Gasteiger partial charge < -0.3 is 10.1 Å². The van der Waals surface area contributed by atoms with Crippen LogP contribution in [0.15, 0.2) is 30.5 Å². The van der Waals surface area contributed by atoms with Crippen molar-refractivity contribution in [2.45, 2.75) is 26.0 Å². The second-order valence-corrected chi connectivity index (χ2v) is 5.31. The topological polar surface area (TPSA) is 75.8 Å². The zero-order chi connectivity index (χ0) is 15.4. The lowest BCUT2D eigenvalue weighted by atomic mass is 9.99. The number of aromatic nitrogens is 3. The molecule has 1 aliphatic heterocycles. The first kappa shape index (κ1) is 14.5. The van der Waals surface area contributed by atoms with Crippen LogP contribution in [-0.4, -0.2) is 27.9 Å². The van der Waals surface area contributed by atoms with Crippen molar-refractivity contribution >= 4 is 5.82 Å². The van der Waals surface area contributed by atoms with Gasteiger partial charge in [0.25, 0.3) is 0 Å². The number of nitrogens with zero attached hydrogens (tertiary/aromatic N) is 4. The number of aryl methyl sites for hydroxylation is 1. The maximum absolute atomic E-state index is 8.90. The van der Waals surface area contributed by atoms with Crippen molar-refractivity contribution in [3.05, 3.63) is 41.9 Å². The number of ether oxygens (including phenoxy) is 1. The molecule has 3 heterocycles. The molecule has 0 aliphatic carbocycles. The maximum atomic E-state index is 8.90. The summed E-state index contributed by atoms with van der Waals surface area (Å²) in [6.07, 6.45) is 2.89. The van der Waals surface area contributed by atoms with Crippen LogP contribution >= 0.6 is 0 Å². The van der Waals surface area contributed by atoms with Crippen LogP contribution in [0.25, 0.3) is 0 Å². The smallest absolute Gasteiger partial charge is 0.142 e. The molecule has 1 saturated heterocycles. The highest BCUT2D eigenvalue weighted by Crippen LogP contribution is 2.34. The van der Waals surface area contributed by atoms with Gasteiger partial charge in [0, 0.05) is 31.8 Å². The molecule has 6 heteroatoms. The fourth-order valence-electron chi connectivity index (χ4n) is 2.85. The van der Waals surface area contributed by atoms with Gasteiger partial charge in [0.15, 0.2) is 0 Å². The number of anilines is 1. The number of hydrogen-bond acceptors (Lipinski definition) is 5. The van der Waals surface area contributed by atoms with Crippen LogP contribution in [0.4, 0.5) is 5.82 Å². The molecule has 1 aliphatic rings. The first-order valence-corrected chi connectivity index (χ1v) is 7.56. The van der Waals surface area contributed by atoms with Gasteiger partial charge in [0.2, 0.25) is 0 Å². The van der Waals surface area contributed by atoms with E-state index in [-0.39, 0.29) is 6.10 Å². The first-order valence-electron chi connectivity index (χ1n) is 7.56. The van der Waals surface area contributed by atoms with Gasteiger partial charge >= 0.3 is 0 Å². The third-order valence-corrected chi connectivity index (χ3v) is 3.96. The number of nitriles is 1. The molecule has 2 aromatic rings. The SMILES string of the molecule is CCn1nccc1[C@@H]1OCC[C@H]1CNc1cccc(C#N)n1. The van der Waals surface area contributed by atoms with Crippen molar-refractivity contribution in [3.8, 4) is 6.07 Å². The lowest BCUT2D eigenvalue weighted by molar-refractivity contribution is 0.0858. The summed E-state index contributed by atoms with van der Waals surface area (Å²) in [6, 6.07) is 9.50. The summed E-state index contributed by atoms with van der Waals surface area (Å²) in [4.78, 5) is 4.24. The molecule has 2 atom stereocenters. The molecule has 3 rings (SSSR count). The van der Waals surface area contributed by atoms with E-state index in [0.717, 1.165) is 37.6 Å². The Bertz CT molecular complexity index is 675. The van der Waals surface area contributed by atoms with Crippen LogP contribution in [-0.2, 0) is 11.3 Å². The molecule has 0 unspecified atom stereocenters. The average Bonchev–Trinajstić information content (AvgIpc) is 3.21. The predicted octanol–water partition coefficient (Wildman–Crippen LogP) is 2.36. The predicted molar refractivity (Wildman–Crippen MR) is 82.1 cm³/mol. The fourth-order valence-corrected chi connectivity index (χ4v) is 2.85. The monoisotopic (exact) mass is 297 g/mol. The third kappa shape index (κ3) is 2.95. The van der Waals surface area contributed by atoms with Crippen molar-refractivity contribution in [2.24, 2.45) is 5.92 Å². The molecule has 0 saturated carbocycles. The minimum absolute atomic E-state index is 0.0640. The average molecular weight is 297 g/mol. The summed E-state index contributed by atoms with van der Waals surface area (Å²) in [5.74, 6) is 1.10. The molecule has 0 amide bonds. The summed E-state index contributed by atoms with van der Waals surface area (Å²) < 4.78 is 7.90. The Balaban J connectivity index is 1.68. The molecule has 114 valence electrons. The summed E-state index contributed by atoms with van der Waals surface area (Å²) in [5, 5.41) is 16.5. The van der Waals surface area contributed by atoms with Gasteiger partial charge in [-0.1, -0.05) is 6.07 Å². The number of nitrogens with one attached hydrogen (secondary N) is 1. The van der Waals surface area contributed by atoms with E-state index in [2.05, 4.69) is 28.4 Å². The Labute approximate surface area is 129 Å². The second kappa shape index (κ2) is 6.58. The standard InChI is InChI=1S/C16H19N5O/c1-2-21-14(6-8-19-21)16-12(7-9-22-16)11-18-15-5-3-4-13(10-17)20-15/h3-6,8,12,16H,2,7,9,11H2,1H3,(H,18,20)/t12-,16+/m0/s1. The van der Waals surface area contributed by atoms with E-state index in [0.29, 0.717) is 11.6 Å². The molecule has 1 fully saturated rings. The maximum Gasteiger partial charge on any atom is 0.142 e. The highest BCUT2D eigenvalue weighted by molar-refractivity contribution is 5.38. The van der Waals surface area contributed by atoms with Crippen molar-refractivity contribution in [1.82, 2.24) is 14.8 Å². The van der Waals surface area contributed by atoms with Gasteiger partial charge in [-0.3, -0.25) is 4.68 Å². The van der Waals surface area contributed by atoms with E-state index >= 15 is 0 Å². The minimum atomic E-state index is 0.0640. The van der Waals surface area contributed by atoms with E-state index in [1.54, 1.807) is 6.07 Å². The molecule has 0 bridgehead atoms. The Morgan fingerprint density at radius 3 is 3.18 bits per heavy atom. The van der Waals surface area contributed by atoms with Gasteiger partial charge in [-0.15, -0.1) is 0 Å². The first-order chi connectivity index (χ1) is 10.8. The van der Waals surface area contributed by atoms with Crippen LogP contribution < -0.4 is 5.32 Å². The summed E-state index contributed by atoms with van der Waals surface area (Å²) in [6.45, 7) is 4.45. The molecule has 2 aromatic heterocycles. The Morgan fingerprint density at radius 1 is 1.45 bits per heavy atom. The van der Waals surface area contributed by atoms with Crippen LogP contribution in [0, 0.1) is 17.2 Å². The highest BCUT2D eigenvalue weighted by atomic mass is 16.5. The molecule has 0 radical (unpaired) electrons. The van der Waals surface area contributed by atoms with Crippen LogP contribution in [0.5, 0.6) is 0 Å². The van der Waals surface area contributed by atoms with Crippen molar-refractivity contribution in [1.29, 1.82) is 5.26 Å². The van der Waals surface area contributed by atoms with Crippen molar-refractivity contribution in [3.63, 3.8) is 0 Å². The molecule has 0 spiro atoms. The lowest BCUT2D eigenvalue weighted by Gasteiger charge is -2.20. The summed E-state index contributed by atoms with van der Waals surface area (Å²) >= 11 is 0. The van der Waals surface area contributed by atoms with E-state index in [1.165, 1.54) is 0 Å². The Kier molecular flexibility index (Phi) is 4.35. The molecule has 0 aromatic carbocycles. The van der Waals surface area contributed by atoms with Crippen LogP contribution in [0.1, 0.15) is 30.8 Å². The molecular formula is C16H19N5O. The lowest BCUT2D eigenvalue weighted by Crippen LogP contribution is -2.20. The van der Waals surface area contributed by atoms with E-state index < -0.39 is 0 Å². The van der Waals surface area contributed by atoms with E-state index in [1.807, 2.05) is 29.1 Å². The Morgan fingerprint density at radius 2 is 2.36 bits per heavy atom. The summed E-state index contributed by atoms with van der Waals surface area (Å²) in [5.41, 5.74) is 1.55. The van der Waals surface area contributed by atoms with Crippen molar-refractivity contribution < 1.29 is 4.74 Å². The van der Waals surface area contributed by atoms with Crippen LogP contribution in [0.2, 0.25) is 0 Å². The highest BCUT2D eigenvalue weighted by Gasteiger charge is 2.31. The van der Waals surface area contributed by atoms with E-state index in [4.69, 9.17) is 10.00 Å². The van der Waals surface area contributed by atoms with Gasteiger partial charge in [0.05, 0.1) is 5.69 Å². The van der Waals surface area contributed by atoms with Gasteiger partial charge in [-0.2, -0.15) is 10.4 Å². The minimum Gasteiger partial charge on any atom is -0.372 e. The quantitative estimate of drug-likeness (QED) is 0.917. The van der Waals surface area contributed by atoms with Gasteiger partial charge in [0.1, 0.15) is 23.7 Å². The van der Waals surface area contributed by atoms with Gasteiger partial charge in [-0.25, -0.2) is 4.98 Å². The second-order valence-electron chi connectivity index (χ2n) is 5.31. The number of hydrogen-bond donors (Lipinski definition) is 1. The normalized spacial score (nSPS) is 20.7. The zero-order valence-corrected chi connectivity index (χ0v) is 12.6. The number of pyridine rings is 1. The third-order valence-electron chi connectivity index (χ3n) is 3.96. The fraction of sp³-hybridized carbons (Fsp3) is 0.438. The zero-order valence-electron chi connectivity index (χ0n) is 12.6. The van der Waals surface area contributed by atoms with E-state index in [9.17, 15) is 0 Å².